The van der Waals surface area contributed by atoms with Crippen LogP contribution in [-0.4, -0.2) is 6.04 Å². The Morgan fingerprint density at radius 1 is 0.742 bits per heavy atom. The molecule has 2 saturated carbocycles. The number of nitrogens with one attached hydrogen (secondary N) is 1. The summed E-state index contributed by atoms with van der Waals surface area (Å²) in [6.07, 6.45) is 26.2. The highest BCUT2D eigenvalue weighted by molar-refractivity contribution is 5.45. The third-order valence-electron chi connectivity index (χ3n) is 8.36. The van der Waals surface area contributed by atoms with Gasteiger partial charge in [0.2, 0.25) is 0 Å². The van der Waals surface area contributed by atoms with Crippen molar-refractivity contribution in [3.05, 3.63) is 53.6 Å². The molecule has 1 nitrogen and oxygen atoms in total. The second-order valence-corrected chi connectivity index (χ2v) is 10.8. The molecule has 4 rings (SSSR count). The quantitative estimate of drug-likeness (QED) is 0.371. The fourth-order valence-electron chi connectivity index (χ4n) is 6.51. The van der Waals surface area contributed by atoms with Crippen molar-refractivity contribution in [3.8, 4) is 0 Å². The molecule has 0 spiro atoms. The van der Waals surface area contributed by atoms with Gasteiger partial charge in [0, 0.05) is 17.6 Å². The van der Waals surface area contributed by atoms with E-state index in [1.54, 1.807) is 5.57 Å². The summed E-state index contributed by atoms with van der Waals surface area (Å²) in [5.74, 6) is 3.02. The van der Waals surface area contributed by atoms with Gasteiger partial charge in [0.1, 0.15) is 0 Å². The first kappa shape index (κ1) is 22.7. The molecule has 3 aliphatic rings. The maximum atomic E-state index is 3.93. The van der Waals surface area contributed by atoms with Crippen LogP contribution in [0.3, 0.4) is 0 Å². The molecule has 31 heavy (non-hydrogen) atoms. The second-order valence-electron chi connectivity index (χ2n) is 10.8. The Balaban J connectivity index is 1.38. The minimum absolute atomic E-state index is 0.621. The molecule has 1 N–H and O–H groups in total. The van der Waals surface area contributed by atoms with Crippen LogP contribution < -0.4 is 5.32 Å². The average Bonchev–Trinajstić information content (AvgIpc) is 2.95. The van der Waals surface area contributed by atoms with Gasteiger partial charge >= 0.3 is 0 Å². The van der Waals surface area contributed by atoms with Crippen molar-refractivity contribution in [1.29, 1.82) is 0 Å². The van der Waals surface area contributed by atoms with Crippen LogP contribution in [0.1, 0.15) is 96.0 Å². The lowest BCUT2D eigenvalue weighted by atomic mass is 9.74. The van der Waals surface area contributed by atoms with Crippen LogP contribution in [0.25, 0.3) is 0 Å². The molecule has 0 amide bonds. The van der Waals surface area contributed by atoms with Crippen LogP contribution in [-0.2, 0) is 0 Å². The van der Waals surface area contributed by atoms with E-state index >= 15 is 0 Å². The lowest BCUT2D eigenvalue weighted by Gasteiger charge is -2.33. The highest BCUT2D eigenvalue weighted by atomic mass is 14.9. The van der Waals surface area contributed by atoms with E-state index < -0.39 is 0 Å². The van der Waals surface area contributed by atoms with Gasteiger partial charge < -0.3 is 5.32 Å². The number of rotatable bonds is 5. The number of aryl methyl sites for hydroxylation is 1. The van der Waals surface area contributed by atoms with Crippen molar-refractivity contribution < 1.29 is 0 Å². The van der Waals surface area contributed by atoms with Crippen LogP contribution >= 0.6 is 0 Å². The first-order chi connectivity index (χ1) is 15.2. The van der Waals surface area contributed by atoms with Gasteiger partial charge in [0.25, 0.3) is 0 Å². The summed E-state index contributed by atoms with van der Waals surface area (Å²) in [5.41, 5.74) is 4.31. The Hall–Kier alpha value is -1.50. The van der Waals surface area contributed by atoms with Crippen LogP contribution in [0.2, 0.25) is 0 Å². The number of benzene rings is 1. The number of anilines is 1. The van der Waals surface area contributed by atoms with Gasteiger partial charge in [-0.3, -0.25) is 0 Å². The first-order valence-corrected chi connectivity index (χ1v) is 13.4. The van der Waals surface area contributed by atoms with Gasteiger partial charge in [-0.1, -0.05) is 92.9 Å². The van der Waals surface area contributed by atoms with Crippen molar-refractivity contribution in [2.24, 2.45) is 23.7 Å². The molecule has 4 atom stereocenters. The number of hydrogen-bond donors (Lipinski definition) is 1. The van der Waals surface area contributed by atoms with E-state index in [2.05, 4.69) is 61.7 Å². The standard InChI is InChI=1S/C30H45N/c1-23-15-18-28(19-16-23)31-30-14-10-6-9-13-27(30)22-25-17-20-29(24(2)21-25)26-11-7-4-3-5-8-12-26/h15-21,25-27,29-31H,3-14,22H2,1-2H3. The molecule has 1 heteroatoms. The second kappa shape index (κ2) is 11.4. The Morgan fingerprint density at radius 2 is 1.39 bits per heavy atom. The number of hydrogen-bond acceptors (Lipinski definition) is 1. The van der Waals surface area contributed by atoms with Gasteiger partial charge in [-0.2, -0.15) is 0 Å². The molecule has 0 aromatic heterocycles. The lowest BCUT2D eigenvalue weighted by Crippen LogP contribution is -2.30. The molecule has 4 unspecified atom stereocenters. The topological polar surface area (TPSA) is 12.0 Å². The summed E-state index contributed by atoms with van der Waals surface area (Å²) in [6, 6.07) is 9.62. The largest absolute Gasteiger partial charge is 0.382 e. The Kier molecular flexibility index (Phi) is 8.34. The summed E-state index contributed by atoms with van der Waals surface area (Å²) >= 11 is 0. The van der Waals surface area contributed by atoms with E-state index in [9.17, 15) is 0 Å². The minimum atomic E-state index is 0.621. The molecule has 0 radical (unpaired) electrons. The predicted molar refractivity (Wildman–Crippen MR) is 135 cm³/mol. The molecule has 0 bridgehead atoms. The van der Waals surface area contributed by atoms with E-state index in [1.165, 1.54) is 94.7 Å². The zero-order valence-corrected chi connectivity index (χ0v) is 20.1. The first-order valence-electron chi connectivity index (χ1n) is 13.4. The Bertz CT molecular complexity index is 719. The SMILES string of the molecule is CC1=CC(CC2CCCCCC2Nc2ccc(C)cc2)C=CC1C1CCCCCCC1. The van der Waals surface area contributed by atoms with Crippen LogP contribution in [0.5, 0.6) is 0 Å². The molecule has 1 aromatic rings. The minimum Gasteiger partial charge on any atom is -0.382 e. The van der Waals surface area contributed by atoms with Crippen LogP contribution in [0, 0.1) is 30.6 Å². The van der Waals surface area contributed by atoms with Crippen LogP contribution in [0.15, 0.2) is 48.1 Å². The van der Waals surface area contributed by atoms with Gasteiger partial charge in [-0.15, -0.1) is 0 Å². The van der Waals surface area contributed by atoms with Crippen molar-refractivity contribution in [1.82, 2.24) is 0 Å². The zero-order valence-electron chi connectivity index (χ0n) is 20.1. The fourth-order valence-corrected chi connectivity index (χ4v) is 6.51. The van der Waals surface area contributed by atoms with E-state index in [0.717, 1.165) is 11.8 Å². The molecule has 3 aliphatic carbocycles. The highest BCUT2D eigenvalue weighted by Crippen LogP contribution is 2.39. The van der Waals surface area contributed by atoms with E-state index in [0.29, 0.717) is 17.9 Å². The zero-order chi connectivity index (χ0) is 21.5. The molecule has 0 aliphatic heterocycles. The van der Waals surface area contributed by atoms with Crippen LogP contribution in [0.4, 0.5) is 5.69 Å². The van der Waals surface area contributed by atoms with Crippen molar-refractivity contribution in [2.45, 2.75) is 103 Å². The maximum Gasteiger partial charge on any atom is 0.0342 e. The van der Waals surface area contributed by atoms with E-state index in [-0.39, 0.29) is 0 Å². The molecule has 2 fully saturated rings. The normalized spacial score (nSPS) is 30.7. The summed E-state index contributed by atoms with van der Waals surface area (Å²) in [5, 5.41) is 3.93. The maximum absolute atomic E-state index is 3.93. The summed E-state index contributed by atoms with van der Waals surface area (Å²) < 4.78 is 0. The molecular weight excluding hydrogens is 374 g/mol. The molecule has 0 heterocycles. The van der Waals surface area contributed by atoms with Gasteiger partial charge in [0.05, 0.1) is 0 Å². The summed E-state index contributed by atoms with van der Waals surface area (Å²) in [7, 11) is 0. The van der Waals surface area contributed by atoms with Crippen molar-refractivity contribution in [2.75, 3.05) is 5.32 Å². The molecule has 170 valence electrons. The smallest absolute Gasteiger partial charge is 0.0342 e. The highest BCUT2D eigenvalue weighted by Gasteiger charge is 2.28. The third-order valence-corrected chi connectivity index (χ3v) is 8.36. The summed E-state index contributed by atoms with van der Waals surface area (Å²) in [4.78, 5) is 0. The Morgan fingerprint density at radius 3 is 2.13 bits per heavy atom. The average molecular weight is 420 g/mol. The van der Waals surface area contributed by atoms with Crippen molar-refractivity contribution >= 4 is 5.69 Å². The van der Waals surface area contributed by atoms with E-state index in [4.69, 9.17) is 0 Å². The summed E-state index contributed by atoms with van der Waals surface area (Å²) in [6.45, 7) is 4.60. The van der Waals surface area contributed by atoms with E-state index in [1.807, 2.05) is 0 Å². The van der Waals surface area contributed by atoms with Crippen molar-refractivity contribution in [3.63, 3.8) is 0 Å². The predicted octanol–water partition coefficient (Wildman–Crippen LogP) is 8.85. The third kappa shape index (κ3) is 6.50. The number of allylic oxidation sites excluding steroid dienone is 4. The van der Waals surface area contributed by atoms with Gasteiger partial charge in [-0.05, 0) is 75.8 Å². The van der Waals surface area contributed by atoms with Gasteiger partial charge in [0.15, 0.2) is 0 Å². The molecule has 0 saturated heterocycles. The van der Waals surface area contributed by atoms with Gasteiger partial charge in [-0.25, -0.2) is 0 Å². The monoisotopic (exact) mass is 419 g/mol. The molecular formula is C30H45N. The Labute approximate surface area is 191 Å². The lowest BCUT2D eigenvalue weighted by molar-refractivity contribution is 0.321. The fraction of sp³-hybridized carbons (Fsp3) is 0.667. The molecule has 1 aromatic carbocycles.